The first kappa shape index (κ1) is 13.3. The Labute approximate surface area is 97.6 Å². The molecule has 0 bridgehead atoms. The summed E-state index contributed by atoms with van der Waals surface area (Å²) in [6, 6.07) is 0.0778. The predicted molar refractivity (Wildman–Crippen MR) is 63.4 cm³/mol. The fourth-order valence-corrected chi connectivity index (χ4v) is 3.38. The van der Waals surface area contributed by atoms with Gasteiger partial charge in [-0.25, -0.2) is 13.1 Å². The smallest absolute Gasteiger partial charge is 0.211 e. The molecular formula is C10H20ClNO2S. The molecule has 0 radical (unpaired) electrons. The Kier molecular flexibility index (Phi) is 5.36. The SMILES string of the molecule is CCC(NS(=O)(=O)CCl)C1CCCCC1. The monoisotopic (exact) mass is 253 g/mol. The molecule has 0 spiro atoms. The fraction of sp³-hybridized carbons (Fsp3) is 1.00. The minimum atomic E-state index is -3.26. The van der Waals surface area contributed by atoms with Crippen molar-refractivity contribution >= 4 is 21.6 Å². The highest BCUT2D eigenvalue weighted by molar-refractivity contribution is 7.90. The highest BCUT2D eigenvalue weighted by Gasteiger charge is 2.25. The molecule has 1 saturated carbocycles. The van der Waals surface area contributed by atoms with Crippen molar-refractivity contribution in [2.24, 2.45) is 5.92 Å². The Morgan fingerprint density at radius 1 is 1.33 bits per heavy atom. The molecular weight excluding hydrogens is 234 g/mol. The van der Waals surface area contributed by atoms with Crippen LogP contribution in [-0.2, 0) is 10.0 Å². The van der Waals surface area contributed by atoms with Gasteiger partial charge in [0.1, 0.15) is 5.21 Å². The number of nitrogens with one attached hydrogen (secondary N) is 1. The Hall–Kier alpha value is 0.200. The van der Waals surface area contributed by atoms with Crippen molar-refractivity contribution in [3.63, 3.8) is 0 Å². The lowest BCUT2D eigenvalue weighted by atomic mass is 9.83. The molecule has 1 aliphatic rings. The van der Waals surface area contributed by atoms with Gasteiger partial charge in [-0.1, -0.05) is 26.2 Å². The van der Waals surface area contributed by atoms with E-state index in [0.717, 1.165) is 19.3 Å². The third-order valence-corrected chi connectivity index (χ3v) is 4.94. The van der Waals surface area contributed by atoms with Crippen molar-refractivity contribution in [2.75, 3.05) is 5.21 Å². The summed E-state index contributed by atoms with van der Waals surface area (Å²) in [5.74, 6) is 0.502. The van der Waals surface area contributed by atoms with E-state index in [1.165, 1.54) is 19.3 Å². The van der Waals surface area contributed by atoms with Crippen LogP contribution in [0.3, 0.4) is 0 Å². The van der Waals surface area contributed by atoms with Gasteiger partial charge in [-0.15, -0.1) is 11.6 Å². The highest BCUT2D eigenvalue weighted by Crippen LogP contribution is 2.28. The molecule has 5 heteroatoms. The average Bonchev–Trinajstić information content (AvgIpc) is 2.27. The normalized spacial score (nSPS) is 21.5. The van der Waals surface area contributed by atoms with E-state index in [0.29, 0.717) is 5.92 Å². The van der Waals surface area contributed by atoms with Gasteiger partial charge in [-0.05, 0) is 25.2 Å². The van der Waals surface area contributed by atoms with Crippen LogP contribution >= 0.6 is 11.6 Å². The van der Waals surface area contributed by atoms with Crippen molar-refractivity contribution in [1.82, 2.24) is 4.72 Å². The average molecular weight is 254 g/mol. The molecule has 0 aliphatic heterocycles. The second kappa shape index (κ2) is 6.06. The van der Waals surface area contributed by atoms with Crippen LogP contribution in [0, 0.1) is 5.92 Å². The molecule has 1 fully saturated rings. The zero-order chi connectivity index (χ0) is 11.3. The molecule has 0 saturated heterocycles. The maximum Gasteiger partial charge on any atom is 0.225 e. The molecule has 0 heterocycles. The summed E-state index contributed by atoms with van der Waals surface area (Å²) in [5, 5.41) is -0.337. The van der Waals surface area contributed by atoms with Gasteiger partial charge in [-0.2, -0.15) is 0 Å². The van der Waals surface area contributed by atoms with E-state index in [-0.39, 0.29) is 11.3 Å². The number of sulfonamides is 1. The van der Waals surface area contributed by atoms with Crippen molar-refractivity contribution in [3.8, 4) is 0 Å². The number of alkyl halides is 1. The number of rotatable bonds is 5. The largest absolute Gasteiger partial charge is 0.225 e. The van der Waals surface area contributed by atoms with Gasteiger partial charge in [0, 0.05) is 6.04 Å². The Morgan fingerprint density at radius 2 is 1.93 bits per heavy atom. The van der Waals surface area contributed by atoms with Crippen LogP contribution in [-0.4, -0.2) is 19.7 Å². The van der Waals surface area contributed by atoms with E-state index in [2.05, 4.69) is 4.72 Å². The summed E-state index contributed by atoms with van der Waals surface area (Å²) >= 11 is 5.38. The van der Waals surface area contributed by atoms with Gasteiger partial charge in [-0.3, -0.25) is 0 Å². The first-order valence-corrected chi connectivity index (χ1v) is 7.83. The number of hydrogen-bond acceptors (Lipinski definition) is 2. The minimum absolute atomic E-state index is 0.0778. The van der Waals surface area contributed by atoms with Crippen LogP contribution in [0.4, 0.5) is 0 Å². The van der Waals surface area contributed by atoms with E-state index in [1.54, 1.807) is 0 Å². The molecule has 1 unspecified atom stereocenters. The van der Waals surface area contributed by atoms with Gasteiger partial charge in [0.15, 0.2) is 0 Å². The van der Waals surface area contributed by atoms with Gasteiger partial charge in [0.05, 0.1) is 0 Å². The van der Waals surface area contributed by atoms with Crippen molar-refractivity contribution in [3.05, 3.63) is 0 Å². The van der Waals surface area contributed by atoms with E-state index in [9.17, 15) is 8.42 Å². The second-order valence-electron chi connectivity index (χ2n) is 4.25. The third kappa shape index (κ3) is 4.29. The van der Waals surface area contributed by atoms with E-state index in [1.807, 2.05) is 6.92 Å². The minimum Gasteiger partial charge on any atom is -0.211 e. The van der Waals surface area contributed by atoms with Crippen LogP contribution < -0.4 is 4.72 Å². The van der Waals surface area contributed by atoms with Crippen LogP contribution in [0.15, 0.2) is 0 Å². The molecule has 1 atom stereocenters. The number of halogens is 1. The summed E-state index contributed by atoms with van der Waals surface area (Å²) in [6.07, 6.45) is 6.87. The van der Waals surface area contributed by atoms with Crippen molar-refractivity contribution < 1.29 is 8.42 Å². The lowest BCUT2D eigenvalue weighted by molar-refractivity contribution is 0.285. The fourth-order valence-electron chi connectivity index (χ4n) is 2.31. The molecule has 1 aliphatic carbocycles. The maximum absolute atomic E-state index is 11.4. The summed E-state index contributed by atoms with van der Waals surface area (Å²) in [7, 11) is -3.26. The Balaban J connectivity index is 2.54. The molecule has 3 nitrogen and oxygen atoms in total. The standard InChI is InChI=1S/C10H20ClNO2S/c1-2-10(12-15(13,14)8-11)9-6-4-3-5-7-9/h9-10,12H,2-8H2,1H3. The summed E-state index contributed by atoms with van der Waals surface area (Å²) < 4.78 is 25.4. The molecule has 0 aromatic rings. The van der Waals surface area contributed by atoms with Gasteiger partial charge in [0.2, 0.25) is 10.0 Å². The lowest BCUT2D eigenvalue weighted by Crippen LogP contribution is -2.41. The summed E-state index contributed by atoms with van der Waals surface area (Å²) in [4.78, 5) is 0. The number of hydrogen-bond donors (Lipinski definition) is 1. The van der Waals surface area contributed by atoms with Crippen molar-refractivity contribution in [2.45, 2.75) is 51.5 Å². The zero-order valence-corrected chi connectivity index (χ0v) is 10.8. The van der Waals surface area contributed by atoms with E-state index >= 15 is 0 Å². The first-order valence-electron chi connectivity index (χ1n) is 5.65. The molecule has 90 valence electrons. The third-order valence-electron chi connectivity index (χ3n) is 3.13. The summed E-state index contributed by atoms with van der Waals surface area (Å²) in [5.41, 5.74) is 0. The predicted octanol–water partition coefficient (Wildman–Crippen LogP) is 2.46. The second-order valence-corrected chi connectivity index (χ2v) is 6.59. The first-order chi connectivity index (χ1) is 7.09. The van der Waals surface area contributed by atoms with Crippen LogP contribution in [0.5, 0.6) is 0 Å². The van der Waals surface area contributed by atoms with Gasteiger partial charge >= 0.3 is 0 Å². The van der Waals surface area contributed by atoms with E-state index < -0.39 is 10.0 Å². The summed E-state index contributed by atoms with van der Waals surface area (Å²) in [6.45, 7) is 2.02. The van der Waals surface area contributed by atoms with Crippen LogP contribution in [0.1, 0.15) is 45.4 Å². The molecule has 15 heavy (non-hydrogen) atoms. The Morgan fingerprint density at radius 3 is 2.40 bits per heavy atom. The quantitative estimate of drug-likeness (QED) is 0.765. The molecule has 1 N–H and O–H groups in total. The van der Waals surface area contributed by atoms with Crippen LogP contribution in [0.25, 0.3) is 0 Å². The molecule has 0 aromatic carbocycles. The van der Waals surface area contributed by atoms with Crippen molar-refractivity contribution in [1.29, 1.82) is 0 Å². The molecule has 0 aromatic heterocycles. The van der Waals surface area contributed by atoms with E-state index in [4.69, 9.17) is 11.6 Å². The topological polar surface area (TPSA) is 46.2 Å². The zero-order valence-electron chi connectivity index (χ0n) is 9.21. The van der Waals surface area contributed by atoms with Crippen LogP contribution in [0.2, 0.25) is 0 Å². The van der Waals surface area contributed by atoms with Gasteiger partial charge < -0.3 is 0 Å². The molecule has 1 rings (SSSR count). The maximum atomic E-state index is 11.4. The highest BCUT2D eigenvalue weighted by atomic mass is 35.5. The lowest BCUT2D eigenvalue weighted by Gasteiger charge is -2.29. The van der Waals surface area contributed by atoms with Gasteiger partial charge in [0.25, 0.3) is 0 Å². The Bertz CT molecular complexity index is 273. The molecule has 0 amide bonds.